The van der Waals surface area contributed by atoms with E-state index in [1.165, 1.54) is 0 Å². The van der Waals surface area contributed by atoms with E-state index in [0.717, 1.165) is 21.5 Å². The van der Waals surface area contributed by atoms with Crippen molar-refractivity contribution >= 4 is 33.2 Å². The molecule has 3 N–H and O–H groups in total. The molecule has 5 heteroatoms. The molecule has 3 nitrogen and oxygen atoms in total. The second kappa shape index (κ2) is 6.97. The minimum atomic E-state index is -0.0547. The minimum Gasteiger partial charge on any atom is -0.496 e. The number of halogens is 2. The summed E-state index contributed by atoms with van der Waals surface area (Å²) in [5, 5.41) is 4.06. The first-order valence-corrected chi connectivity index (χ1v) is 7.36. The third kappa shape index (κ3) is 3.66. The van der Waals surface area contributed by atoms with Crippen LogP contribution in [-0.2, 0) is 0 Å². The molecule has 0 aliphatic rings. The van der Waals surface area contributed by atoms with Crippen LogP contribution in [0, 0.1) is 0 Å². The molecule has 0 bridgehead atoms. The number of methoxy groups -OCH3 is 1. The molecule has 0 aliphatic carbocycles. The fourth-order valence-electron chi connectivity index (χ4n) is 2.02. The fourth-order valence-corrected chi connectivity index (χ4v) is 2.59. The Bertz CT molecular complexity index is 592. The molecule has 0 heterocycles. The number of ether oxygens (including phenoxy) is 1. The van der Waals surface area contributed by atoms with Crippen LogP contribution in [0.25, 0.3) is 0 Å². The van der Waals surface area contributed by atoms with Crippen LogP contribution in [0.15, 0.2) is 46.9 Å². The van der Waals surface area contributed by atoms with Gasteiger partial charge in [0.2, 0.25) is 0 Å². The lowest BCUT2D eigenvalue weighted by molar-refractivity contribution is 0.407. The number of nitrogens with two attached hydrogens (primary N) is 1. The molecule has 1 unspecified atom stereocenters. The normalized spacial score (nSPS) is 12.0. The summed E-state index contributed by atoms with van der Waals surface area (Å²) in [5.74, 6) is 0.804. The molecule has 0 aromatic heterocycles. The molecule has 0 spiro atoms. The molecular weight excluding hydrogens is 340 g/mol. The average Bonchev–Trinajstić information content (AvgIpc) is 2.45. The van der Waals surface area contributed by atoms with E-state index in [2.05, 4.69) is 21.2 Å². The standard InChI is InChI=1S/C15H16BrClN2O/c1-20-15-6-5-10(16)7-13(15)14(9-18)19-12-4-2-3-11(17)8-12/h2-8,14,19H,9,18H2,1H3. The maximum atomic E-state index is 6.00. The predicted octanol–water partition coefficient (Wildman–Crippen LogP) is 4.22. The van der Waals surface area contributed by atoms with Crippen LogP contribution in [0.1, 0.15) is 11.6 Å². The number of benzene rings is 2. The van der Waals surface area contributed by atoms with Crippen LogP contribution in [-0.4, -0.2) is 13.7 Å². The van der Waals surface area contributed by atoms with Crippen molar-refractivity contribution in [2.24, 2.45) is 5.73 Å². The summed E-state index contributed by atoms with van der Waals surface area (Å²) in [6, 6.07) is 13.4. The van der Waals surface area contributed by atoms with Crippen LogP contribution in [0.4, 0.5) is 5.69 Å². The lowest BCUT2D eigenvalue weighted by Gasteiger charge is -2.21. The van der Waals surface area contributed by atoms with Crippen molar-refractivity contribution in [2.75, 3.05) is 19.0 Å². The van der Waals surface area contributed by atoms with Gasteiger partial charge in [0.05, 0.1) is 13.2 Å². The number of hydrogen-bond donors (Lipinski definition) is 2. The summed E-state index contributed by atoms with van der Waals surface area (Å²) in [6.45, 7) is 0.444. The zero-order valence-electron chi connectivity index (χ0n) is 11.1. The van der Waals surface area contributed by atoms with Gasteiger partial charge in [0.1, 0.15) is 5.75 Å². The summed E-state index contributed by atoms with van der Waals surface area (Å²) < 4.78 is 6.39. The number of nitrogens with one attached hydrogen (secondary N) is 1. The second-order valence-electron chi connectivity index (χ2n) is 4.33. The van der Waals surface area contributed by atoms with Crippen LogP contribution >= 0.6 is 27.5 Å². The van der Waals surface area contributed by atoms with Gasteiger partial charge in [-0.2, -0.15) is 0 Å². The molecule has 0 fully saturated rings. The highest BCUT2D eigenvalue weighted by Crippen LogP contribution is 2.30. The number of hydrogen-bond acceptors (Lipinski definition) is 3. The highest BCUT2D eigenvalue weighted by atomic mass is 79.9. The Morgan fingerprint density at radius 2 is 2.10 bits per heavy atom. The van der Waals surface area contributed by atoms with Crippen molar-refractivity contribution in [3.8, 4) is 5.75 Å². The molecule has 20 heavy (non-hydrogen) atoms. The molecule has 2 aromatic rings. The Labute approximate surface area is 132 Å². The Balaban J connectivity index is 2.30. The van der Waals surface area contributed by atoms with Gasteiger partial charge in [0, 0.05) is 27.3 Å². The Morgan fingerprint density at radius 3 is 2.75 bits per heavy atom. The Hall–Kier alpha value is -1.23. The summed E-state index contributed by atoms with van der Waals surface area (Å²) in [4.78, 5) is 0. The highest BCUT2D eigenvalue weighted by molar-refractivity contribution is 9.10. The quantitative estimate of drug-likeness (QED) is 0.844. The van der Waals surface area contributed by atoms with E-state index in [4.69, 9.17) is 22.1 Å². The van der Waals surface area contributed by atoms with E-state index >= 15 is 0 Å². The monoisotopic (exact) mass is 354 g/mol. The van der Waals surface area contributed by atoms with Crippen LogP contribution in [0.3, 0.4) is 0 Å². The largest absolute Gasteiger partial charge is 0.496 e. The van der Waals surface area contributed by atoms with Gasteiger partial charge in [-0.05, 0) is 36.4 Å². The van der Waals surface area contributed by atoms with Gasteiger partial charge in [0.25, 0.3) is 0 Å². The van der Waals surface area contributed by atoms with Gasteiger partial charge < -0.3 is 15.8 Å². The van der Waals surface area contributed by atoms with E-state index in [0.29, 0.717) is 11.6 Å². The Morgan fingerprint density at radius 1 is 1.30 bits per heavy atom. The molecule has 1 atom stereocenters. The summed E-state index contributed by atoms with van der Waals surface area (Å²) in [7, 11) is 1.65. The zero-order chi connectivity index (χ0) is 14.5. The van der Waals surface area contributed by atoms with E-state index < -0.39 is 0 Å². The van der Waals surface area contributed by atoms with E-state index in [-0.39, 0.29) is 6.04 Å². The molecule has 2 rings (SSSR count). The van der Waals surface area contributed by atoms with Gasteiger partial charge in [-0.15, -0.1) is 0 Å². The van der Waals surface area contributed by atoms with E-state index in [1.807, 2.05) is 42.5 Å². The molecular formula is C15H16BrClN2O. The third-order valence-corrected chi connectivity index (χ3v) is 3.70. The summed E-state index contributed by atoms with van der Waals surface area (Å²) in [6.07, 6.45) is 0. The lowest BCUT2D eigenvalue weighted by atomic mass is 10.1. The number of anilines is 1. The highest BCUT2D eigenvalue weighted by Gasteiger charge is 2.15. The fraction of sp³-hybridized carbons (Fsp3) is 0.200. The third-order valence-electron chi connectivity index (χ3n) is 2.97. The van der Waals surface area contributed by atoms with E-state index in [9.17, 15) is 0 Å². The smallest absolute Gasteiger partial charge is 0.124 e. The SMILES string of the molecule is COc1ccc(Br)cc1C(CN)Nc1cccc(Cl)c1. The van der Waals surface area contributed by atoms with Gasteiger partial charge >= 0.3 is 0 Å². The predicted molar refractivity (Wildman–Crippen MR) is 87.6 cm³/mol. The molecule has 0 saturated heterocycles. The van der Waals surface area contributed by atoms with Gasteiger partial charge in [-0.3, -0.25) is 0 Å². The topological polar surface area (TPSA) is 47.3 Å². The van der Waals surface area contributed by atoms with E-state index in [1.54, 1.807) is 7.11 Å². The van der Waals surface area contributed by atoms with Crippen molar-refractivity contribution in [1.29, 1.82) is 0 Å². The Kier molecular flexibility index (Phi) is 5.29. The molecule has 0 radical (unpaired) electrons. The molecule has 2 aromatic carbocycles. The first-order valence-electron chi connectivity index (χ1n) is 6.19. The van der Waals surface area contributed by atoms with Crippen LogP contribution in [0.2, 0.25) is 5.02 Å². The van der Waals surface area contributed by atoms with Crippen LogP contribution < -0.4 is 15.8 Å². The van der Waals surface area contributed by atoms with Crippen molar-refractivity contribution < 1.29 is 4.74 Å². The molecule has 0 aliphatic heterocycles. The van der Waals surface area contributed by atoms with Crippen molar-refractivity contribution in [1.82, 2.24) is 0 Å². The lowest BCUT2D eigenvalue weighted by Crippen LogP contribution is -2.21. The maximum absolute atomic E-state index is 6.00. The zero-order valence-corrected chi connectivity index (χ0v) is 13.4. The second-order valence-corrected chi connectivity index (χ2v) is 5.68. The maximum Gasteiger partial charge on any atom is 0.124 e. The van der Waals surface area contributed by atoms with Crippen LogP contribution in [0.5, 0.6) is 5.75 Å². The summed E-state index contributed by atoms with van der Waals surface area (Å²) >= 11 is 9.47. The molecule has 0 amide bonds. The van der Waals surface area contributed by atoms with Crippen molar-refractivity contribution in [2.45, 2.75) is 6.04 Å². The van der Waals surface area contributed by atoms with Gasteiger partial charge in [-0.25, -0.2) is 0 Å². The first-order chi connectivity index (χ1) is 9.63. The minimum absolute atomic E-state index is 0.0547. The molecule has 106 valence electrons. The first kappa shape index (κ1) is 15.2. The molecule has 0 saturated carbocycles. The summed E-state index contributed by atoms with van der Waals surface area (Å²) in [5.41, 5.74) is 7.83. The van der Waals surface area contributed by atoms with Crippen molar-refractivity contribution in [3.63, 3.8) is 0 Å². The van der Waals surface area contributed by atoms with Gasteiger partial charge in [-0.1, -0.05) is 33.6 Å². The average molecular weight is 356 g/mol. The number of rotatable bonds is 5. The van der Waals surface area contributed by atoms with Crippen molar-refractivity contribution in [3.05, 3.63) is 57.5 Å². The van der Waals surface area contributed by atoms with Gasteiger partial charge in [0.15, 0.2) is 0 Å².